The number of methoxy groups -OCH3 is 1. The molecule has 6 nitrogen and oxygen atoms in total. The topological polar surface area (TPSA) is 84.9 Å². The maximum atomic E-state index is 11.8. The lowest BCUT2D eigenvalue weighted by Gasteiger charge is -2.12. The van der Waals surface area contributed by atoms with Crippen molar-refractivity contribution in [1.29, 1.82) is 0 Å². The Kier molecular flexibility index (Phi) is 6.74. The number of aliphatic hydroxyl groups excluding tert-OH is 1. The Morgan fingerprint density at radius 1 is 1.12 bits per heavy atom. The Morgan fingerprint density at radius 3 is 2.52 bits per heavy atom. The number of carbonyl (C=O) groups is 2. The van der Waals surface area contributed by atoms with E-state index in [1.165, 1.54) is 13.2 Å². The second-order valence-corrected chi connectivity index (χ2v) is 5.09. The summed E-state index contributed by atoms with van der Waals surface area (Å²) in [5.74, 6) is 0.128. The van der Waals surface area contributed by atoms with Gasteiger partial charge in [-0.2, -0.15) is 0 Å². The molecule has 0 radical (unpaired) electrons. The zero-order valence-electron chi connectivity index (χ0n) is 13.7. The van der Waals surface area contributed by atoms with Gasteiger partial charge in [0.05, 0.1) is 13.7 Å². The van der Waals surface area contributed by atoms with E-state index in [1.807, 2.05) is 42.5 Å². The summed E-state index contributed by atoms with van der Waals surface area (Å²) in [6.07, 6.45) is 2.85. The van der Waals surface area contributed by atoms with Crippen molar-refractivity contribution in [3.8, 4) is 11.5 Å². The van der Waals surface area contributed by atoms with Crippen LogP contribution in [-0.4, -0.2) is 36.7 Å². The molecule has 2 aromatic carbocycles. The fraction of sp³-hybridized carbons (Fsp3) is 0.158. The van der Waals surface area contributed by atoms with Crippen molar-refractivity contribution in [2.75, 3.05) is 13.7 Å². The maximum Gasteiger partial charge on any atom is 0.330 e. The summed E-state index contributed by atoms with van der Waals surface area (Å²) in [7, 11) is 1.19. The van der Waals surface area contributed by atoms with Gasteiger partial charge in [0.2, 0.25) is 5.91 Å². The second kappa shape index (κ2) is 9.24. The van der Waals surface area contributed by atoms with Crippen LogP contribution in [0, 0.1) is 0 Å². The number of ether oxygens (including phenoxy) is 2. The van der Waals surface area contributed by atoms with Crippen molar-refractivity contribution in [2.24, 2.45) is 0 Å². The van der Waals surface area contributed by atoms with Gasteiger partial charge >= 0.3 is 5.97 Å². The zero-order valence-corrected chi connectivity index (χ0v) is 13.7. The van der Waals surface area contributed by atoms with Gasteiger partial charge in [0.15, 0.2) is 6.04 Å². The Balaban J connectivity index is 2.00. The molecule has 1 amide bonds. The second-order valence-electron chi connectivity index (χ2n) is 5.09. The fourth-order valence-electron chi connectivity index (χ4n) is 2.02. The zero-order chi connectivity index (χ0) is 18.1. The summed E-state index contributed by atoms with van der Waals surface area (Å²) in [5.41, 5.74) is 0.752. The molecule has 0 aliphatic heterocycles. The lowest BCUT2D eigenvalue weighted by molar-refractivity contribution is -0.145. The predicted molar refractivity (Wildman–Crippen MR) is 93.0 cm³/mol. The predicted octanol–water partition coefficient (Wildman–Crippen LogP) is 2.14. The van der Waals surface area contributed by atoms with Gasteiger partial charge in [-0.25, -0.2) is 4.79 Å². The van der Waals surface area contributed by atoms with Gasteiger partial charge in [-0.1, -0.05) is 30.3 Å². The number of rotatable bonds is 7. The normalized spacial score (nSPS) is 11.8. The molecule has 0 spiro atoms. The number of esters is 1. The molecule has 0 saturated heterocycles. The highest BCUT2D eigenvalue weighted by molar-refractivity contribution is 5.94. The molecule has 0 saturated carbocycles. The molecule has 0 aromatic heterocycles. The quantitative estimate of drug-likeness (QED) is 0.595. The summed E-state index contributed by atoms with van der Waals surface area (Å²) in [5, 5.41) is 11.4. The van der Waals surface area contributed by atoms with Crippen LogP contribution < -0.4 is 10.1 Å². The minimum absolute atomic E-state index is 0.515. The van der Waals surface area contributed by atoms with Crippen molar-refractivity contribution in [3.05, 3.63) is 66.2 Å². The number of aliphatic hydroxyl groups is 1. The lowest BCUT2D eigenvalue weighted by Crippen LogP contribution is -2.43. The molecule has 2 rings (SSSR count). The van der Waals surface area contributed by atoms with Gasteiger partial charge in [-0.05, 0) is 35.9 Å². The Labute approximate surface area is 145 Å². The minimum atomic E-state index is -1.09. The number of nitrogens with one attached hydrogen (secondary N) is 1. The first-order valence-electron chi connectivity index (χ1n) is 7.62. The van der Waals surface area contributed by atoms with Crippen molar-refractivity contribution in [1.82, 2.24) is 5.32 Å². The maximum absolute atomic E-state index is 11.8. The van der Waals surface area contributed by atoms with E-state index < -0.39 is 24.5 Å². The van der Waals surface area contributed by atoms with E-state index in [0.29, 0.717) is 11.5 Å². The lowest BCUT2D eigenvalue weighted by atomic mass is 10.2. The SMILES string of the molecule is COC(=O)[C@@H](CO)NC(=O)/C=C/c1cccc(Oc2ccccc2)c1. The Morgan fingerprint density at radius 2 is 1.84 bits per heavy atom. The van der Waals surface area contributed by atoms with E-state index in [0.717, 1.165) is 5.56 Å². The standard InChI is InChI=1S/C19H19NO5/c1-24-19(23)17(13-21)20-18(22)11-10-14-6-5-9-16(12-14)25-15-7-3-2-4-8-15/h2-12,17,21H,13H2,1H3,(H,20,22)/b11-10+/t17-/m1/s1. The van der Waals surface area contributed by atoms with Gasteiger partial charge in [0, 0.05) is 6.08 Å². The first-order valence-corrected chi connectivity index (χ1v) is 7.62. The van der Waals surface area contributed by atoms with Gasteiger partial charge in [0.1, 0.15) is 11.5 Å². The number of benzene rings is 2. The molecule has 0 fully saturated rings. The van der Waals surface area contributed by atoms with Gasteiger partial charge < -0.3 is 19.9 Å². The van der Waals surface area contributed by atoms with Crippen LogP contribution in [0.2, 0.25) is 0 Å². The fourth-order valence-corrected chi connectivity index (χ4v) is 2.02. The number of hydrogen-bond acceptors (Lipinski definition) is 5. The summed E-state index contributed by atoms with van der Waals surface area (Å²) in [6.45, 7) is -0.535. The average Bonchev–Trinajstić information content (AvgIpc) is 2.65. The first kappa shape index (κ1) is 18.2. The van der Waals surface area contributed by atoms with Crippen LogP contribution in [-0.2, 0) is 14.3 Å². The van der Waals surface area contributed by atoms with Crippen LogP contribution in [0.4, 0.5) is 0 Å². The molecule has 25 heavy (non-hydrogen) atoms. The van der Waals surface area contributed by atoms with Crippen LogP contribution in [0.3, 0.4) is 0 Å². The van der Waals surface area contributed by atoms with E-state index in [-0.39, 0.29) is 0 Å². The molecule has 2 N–H and O–H groups in total. The summed E-state index contributed by atoms with van der Waals surface area (Å²) in [4.78, 5) is 23.2. The van der Waals surface area contributed by atoms with Gasteiger partial charge in [-0.15, -0.1) is 0 Å². The van der Waals surface area contributed by atoms with E-state index in [2.05, 4.69) is 10.1 Å². The number of amides is 1. The van der Waals surface area contributed by atoms with Crippen molar-refractivity contribution in [3.63, 3.8) is 0 Å². The molecule has 0 aliphatic rings. The molecule has 0 heterocycles. The van der Waals surface area contributed by atoms with Crippen molar-refractivity contribution in [2.45, 2.75) is 6.04 Å². The van der Waals surface area contributed by atoms with Crippen molar-refractivity contribution >= 4 is 18.0 Å². The third kappa shape index (κ3) is 5.78. The van der Waals surface area contributed by atoms with E-state index in [1.54, 1.807) is 18.2 Å². The smallest absolute Gasteiger partial charge is 0.330 e. The van der Waals surface area contributed by atoms with E-state index in [4.69, 9.17) is 9.84 Å². The molecule has 0 bridgehead atoms. The van der Waals surface area contributed by atoms with Crippen LogP contribution in [0.5, 0.6) is 11.5 Å². The highest BCUT2D eigenvalue weighted by Crippen LogP contribution is 2.22. The first-order chi connectivity index (χ1) is 12.1. The minimum Gasteiger partial charge on any atom is -0.467 e. The highest BCUT2D eigenvalue weighted by Gasteiger charge is 2.19. The largest absolute Gasteiger partial charge is 0.467 e. The average molecular weight is 341 g/mol. The summed E-state index contributed by atoms with van der Waals surface area (Å²) in [6, 6.07) is 15.5. The monoisotopic (exact) mass is 341 g/mol. The van der Waals surface area contributed by atoms with Gasteiger partial charge in [-0.3, -0.25) is 4.79 Å². The van der Waals surface area contributed by atoms with Crippen LogP contribution in [0.1, 0.15) is 5.56 Å². The molecule has 0 unspecified atom stereocenters. The van der Waals surface area contributed by atoms with Crippen molar-refractivity contribution < 1.29 is 24.2 Å². The van der Waals surface area contributed by atoms with E-state index >= 15 is 0 Å². The van der Waals surface area contributed by atoms with Crippen LogP contribution in [0.15, 0.2) is 60.7 Å². The third-order valence-corrected chi connectivity index (χ3v) is 3.25. The Bertz CT molecular complexity index is 742. The highest BCUT2D eigenvalue weighted by atomic mass is 16.5. The van der Waals surface area contributed by atoms with E-state index in [9.17, 15) is 9.59 Å². The Hall–Kier alpha value is -3.12. The third-order valence-electron chi connectivity index (χ3n) is 3.25. The molecule has 6 heteroatoms. The molecule has 130 valence electrons. The molecular weight excluding hydrogens is 322 g/mol. The molecule has 2 aromatic rings. The number of carbonyl (C=O) groups excluding carboxylic acids is 2. The number of para-hydroxylation sites is 1. The van der Waals surface area contributed by atoms with Crippen LogP contribution in [0.25, 0.3) is 6.08 Å². The molecule has 1 atom stereocenters. The van der Waals surface area contributed by atoms with Crippen LogP contribution >= 0.6 is 0 Å². The molecule has 0 aliphatic carbocycles. The number of hydrogen-bond donors (Lipinski definition) is 2. The summed E-state index contributed by atoms with van der Waals surface area (Å²) < 4.78 is 10.2. The summed E-state index contributed by atoms with van der Waals surface area (Å²) >= 11 is 0. The van der Waals surface area contributed by atoms with Gasteiger partial charge in [0.25, 0.3) is 0 Å². The molecular formula is C19H19NO5.